The molecule has 0 unspecified atom stereocenters. The van der Waals surface area contributed by atoms with Crippen molar-refractivity contribution in [3.8, 4) is 0 Å². The van der Waals surface area contributed by atoms with Crippen molar-refractivity contribution in [2.24, 2.45) is 11.8 Å². The smallest absolute Gasteiger partial charge is 0.336 e. The van der Waals surface area contributed by atoms with Gasteiger partial charge in [0.2, 0.25) is 5.79 Å². The van der Waals surface area contributed by atoms with Crippen molar-refractivity contribution in [3.63, 3.8) is 0 Å². The first-order valence-electron chi connectivity index (χ1n) is 10.4. The normalized spacial score (nSPS) is 39.4. The fourth-order valence-electron chi connectivity index (χ4n) is 5.62. The quantitative estimate of drug-likeness (QED) is 0.728. The summed E-state index contributed by atoms with van der Waals surface area (Å²) in [6.07, 6.45) is 5.23. The summed E-state index contributed by atoms with van der Waals surface area (Å²) in [5.41, 5.74) is 2.92. The summed E-state index contributed by atoms with van der Waals surface area (Å²) in [5, 5.41) is 0. The van der Waals surface area contributed by atoms with Gasteiger partial charge in [-0.2, -0.15) is 0 Å². The third kappa shape index (κ3) is 2.43. The second-order valence-electron chi connectivity index (χ2n) is 8.67. The van der Waals surface area contributed by atoms with E-state index in [9.17, 15) is 9.59 Å². The lowest BCUT2D eigenvalue weighted by Crippen LogP contribution is -2.36. The Kier molecular flexibility index (Phi) is 3.99. The van der Waals surface area contributed by atoms with E-state index in [4.69, 9.17) is 14.2 Å². The molecule has 0 aromatic carbocycles. The predicted octanol–water partition coefficient (Wildman–Crippen LogP) is 3.61. The fourth-order valence-corrected chi connectivity index (χ4v) is 5.62. The molecule has 5 rings (SSSR count). The molecule has 0 bridgehead atoms. The average Bonchev–Trinajstić information content (AvgIpc) is 3.33. The van der Waals surface area contributed by atoms with E-state index in [1.807, 2.05) is 13.0 Å². The van der Waals surface area contributed by atoms with Crippen LogP contribution in [-0.4, -0.2) is 28.4 Å². The van der Waals surface area contributed by atoms with Gasteiger partial charge in [0.05, 0.1) is 17.7 Å². The number of carbonyl (C=O) groups excluding carboxylic acids is 2. The topological polar surface area (TPSA) is 66.8 Å². The molecular formula is C22H27NO5. The molecule has 5 heterocycles. The zero-order valence-corrected chi connectivity index (χ0v) is 16.6. The van der Waals surface area contributed by atoms with Crippen LogP contribution < -0.4 is 0 Å². The van der Waals surface area contributed by atoms with Gasteiger partial charge in [0.1, 0.15) is 6.10 Å². The zero-order chi connectivity index (χ0) is 19.6. The molecule has 6 atom stereocenters. The summed E-state index contributed by atoms with van der Waals surface area (Å²) in [6, 6.07) is 4.26. The minimum absolute atomic E-state index is 0.0222. The summed E-state index contributed by atoms with van der Waals surface area (Å²) in [7, 11) is 0. The van der Waals surface area contributed by atoms with E-state index in [0.29, 0.717) is 5.57 Å². The Labute approximate surface area is 164 Å². The van der Waals surface area contributed by atoms with Crippen molar-refractivity contribution in [1.29, 1.82) is 0 Å². The van der Waals surface area contributed by atoms with Crippen LogP contribution >= 0.6 is 0 Å². The van der Waals surface area contributed by atoms with Gasteiger partial charge in [-0.3, -0.25) is 4.79 Å². The molecule has 1 spiro atoms. The van der Waals surface area contributed by atoms with E-state index in [2.05, 4.69) is 23.6 Å². The maximum absolute atomic E-state index is 12.1. The standard InChI is InChI=1S/C22H27NO5/c1-4-14-19-16-8-7-15(18-10-12(2)20(24)26-18)23(16)9-5-6-17(19)27-22(14)11-13(3)21(25)28-22/h7-8,11-12,14,17-19H,4-6,9-10H2,1-3H3/t12-,14-,17+,18-,19+,22+/m0/s1. The third-order valence-electron chi connectivity index (χ3n) is 6.94. The lowest BCUT2D eigenvalue weighted by Gasteiger charge is -2.29. The number of rotatable bonds is 2. The predicted molar refractivity (Wildman–Crippen MR) is 100 cm³/mol. The number of hydrogen-bond acceptors (Lipinski definition) is 5. The fraction of sp³-hybridized carbons (Fsp3) is 0.636. The first-order valence-corrected chi connectivity index (χ1v) is 10.4. The van der Waals surface area contributed by atoms with Crippen molar-refractivity contribution >= 4 is 11.9 Å². The summed E-state index contributed by atoms with van der Waals surface area (Å²) in [6.45, 7) is 6.74. The maximum atomic E-state index is 12.1. The summed E-state index contributed by atoms with van der Waals surface area (Å²) >= 11 is 0. The Hall–Kier alpha value is -2.08. The van der Waals surface area contributed by atoms with E-state index < -0.39 is 5.79 Å². The highest BCUT2D eigenvalue weighted by Crippen LogP contribution is 2.54. The van der Waals surface area contributed by atoms with E-state index in [1.165, 1.54) is 5.69 Å². The summed E-state index contributed by atoms with van der Waals surface area (Å²) in [5.74, 6) is -1.15. The molecule has 1 aromatic rings. The number of carbonyl (C=O) groups is 2. The average molecular weight is 385 g/mol. The molecule has 150 valence electrons. The second kappa shape index (κ2) is 6.21. The third-order valence-corrected chi connectivity index (χ3v) is 6.94. The second-order valence-corrected chi connectivity index (χ2v) is 8.67. The molecule has 28 heavy (non-hydrogen) atoms. The van der Waals surface area contributed by atoms with Gasteiger partial charge in [0, 0.05) is 36.1 Å². The van der Waals surface area contributed by atoms with Gasteiger partial charge in [-0.15, -0.1) is 0 Å². The Morgan fingerprint density at radius 2 is 2.04 bits per heavy atom. The van der Waals surface area contributed by atoms with Crippen molar-refractivity contribution in [2.75, 3.05) is 0 Å². The van der Waals surface area contributed by atoms with Crippen molar-refractivity contribution < 1.29 is 23.8 Å². The molecule has 4 aliphatic rings. The molecule has 1 aromatic heterocycles. The lowest BCUT2D eigenvalue weighted by molar-refractivity contribution is -0.204. The number of aromatic nitrogens is 1. The summed E-state index contributed by atoms with van der Waals surface area (Å²) < 4.78 is 20.2. The van der Waals surface area contributed by atoms with Crippen molar-refractivity contribution in [2.45, 2.75) is 76.9 Å². The minimum Gasteiger partial charge on any atom is -0.456 e. The minimum atomic E-state index is -0.938. The van der Waals surface area contributed by atoms with Crippen LogP contribution in [0.3, 0.4) is 0 Å². The Bertz CT molecular complexity index is 870. The number of nitrogens with zero attached hydrogens (tertiary/aromatic N) is 1. The number of ether oxygens (including phenoxy) is 3. The van der Waals surface area contributed by atoms with Crippen LogP contribution in [0.1, 0.15) is 69.9 Å². The van der Waals surface area contributed by atoms with E-state index in [1.54, 1.807) is 6.92 Å². The van der Waals surface area contributed by atoms with Gasteiger partial charge in [0.15, 0.2) is 0 Å². The van der Waals surface area contributed by atoms with Crippen LogP contribution in [0.5, 0.6) is 0 Å². The summed E-state index contributed by atoms with van der Waals surface area (Å²) in [4.78, 5) is 24.1. The van der Waals surface area contributed by atoms with Crippen LogP contribution in [0.4, 0.5) is 0 Å². The molecule has 0 N–H and O–H groups in total. The Morgan fingerprint density at radius 3 is 2.68 bits per heavy atom. The van der Waals surface area contributed by atoms with Gasteiger partial charge >= 0.3 is 11.9 Å². The molecule has 6 nitrogen and oxygen atoms in total. The molecule has 2 saturated heterocycles. The Morgan fingerprint density at radius 1 is 1.25 bits per heavy atom. The van der Waals surface area contributed by atoms with Gasteiger partial charge < -0.3 is 18.8 Å². The molecule has 0 amide bonds. The Balaban J connectivity index is 1.54. The first-order chi connectivity index (χ1) is 13.4. The van der Waals surface area contributed by atoms with Crippen LogP contribution in [0.25, 0.3) is 0 Å². The number of fused-ring (bicyclic) bond motifs is 3. The van der Waals surface area contributed by atoms with Gasteiger partial charge in [0.25, 0.3) is 0 Å². The highest BCUT2D eigenvalue weighted by Gasteiger charge is 2.59. The van der Waals surface area contributed by atoms with Crippen LogP contribution in [-0.2, 0) is 30.3 Å². The van der Waals surface area contributed by atoms with Gasteiger partial charge in [-0.05, 0) is 44.4 Å². The largest absolute Gasteiger partial charge is 0.456 e. The first kappa shape index (κ1) is 18.0. The monoisotopic (exact) mass is 385 g/mol. The highest BCUT2D eigenvalue weighted by molar-refractivity contribution is 5.90. The molecule has 0 saturated carbocycles. The number of hydrogen-bond donors (Lipinski definition) is 0. The molecule has 4 aliphatic heterocycles. The van der Waals surface area contributed by atoms with Crippen LogP contribution in [0, 0.1) is 11.8 Å². The molecular weight excluding hydrogens is 358 g/mol. The van der Waals surface area contributed by atoms with Crippen LogP contribution in [0.2, 0.25) is 0 Å². The van der Waals surface area contributed by atoms with Gasteiger partial charge in [-0.25, -0.2) is 4.79 Å². The van der Waals surface area contributed by atoms with E-state index in [-0.39, 0.29) is 41.9 Å². The lowest BCUT2D eigenvalue weighted by atomic mass is 9.80. The van der Waals surface area contributed by atoms with E-state index >= 15 is 0 Å². The zero-order valence-electron chi connectivity index (χ0n) is 16.6. The van der Waals surface area contributed by atoms with Crippen LogP contribution in [0.15, 0.2) is 23.8 Å². The molecule has 6 heteroatoms. The number of esters is 2. The molecule has 0 aliphatic carbocycles. The maximum Gasteiger partial charge on any atom is 0.336 e. The van der Waals surface area contributed by atoms with Gasteiger partial charge in [-0.1, -0.05) is 13.8 Å². The van der Waals surface area contributed by atoms with Crippen molar-refractivity contribution in [1.82, 2.24) is 4.57 Å². The molecule has 0 radical (unpaired) electrons. The van der Waals surface area contributed by atoms with E-state index in [0.717, 1.165) is 37.9 Å². The SMILES string of the molecule is CC[C@H]1[C@@H]2c3ccc([C@@H]4C[C@H](C)C(=O)O4)n3CCC[C@H]2O[C@@]12C=C(C)C(=O)O2. The highest BCUT2D eigenvalue weighted by atomic mass is 16.7. The van der Waals surface area contributed by atoms with Crippen molar-refractivity contribution in [3.05, 3.63) is 35.2 Å². The molecule has 2 fully saturated rings. The number of cyclic esters (lactones) is 1.